The zero-order valence-electron chi connectivity index (χ0n) is 12.5. The Morgan fingerprint density at radius 1 is 1.10 bits per heavy atom. The highest BCUT2D eigenvalue weighted by Crippen LogP contribution is 2.13. The summed E-state index contributed by atoms with van der Waals surface area (Å²) in [5, 5.41) is 2.93. The third-order valence-electron chi connectivity index (χ3n) is 3.38. The van der Waals surface area contributed by atoms with Gasteiger partial charge < -0.3 is 10.1 Å². The minimum atomic E-state index is -0.120. The van der Waals surface area contributed by atoms with Crippen LogP contribution >= 0.6 is 0 Å². The fourth-order valence-corrected chi connectivity index (χ4v) is 2.08. The molecule has 0 fully saturated rings. The number of aryl methyl sites for hydroxylation is 1. The Balaban J connectivity index is 1.81. The van der Waals surface area contributed by atoms with Gasteiger partial charge in [-0.3, -0.25) is 4.79 Å². The Morgan fingerprint density at radius 2 is 1.76 bits per heavy atom. The molecule has 0 spiro atoms. The molecule has 0 heterocycles. The van der Waals surface area contributed by atoms with E-state index in [2.05, 4.69) is 12.2 Å². The van der Waals surface area contributed by atoms with Crippen LogP contribution in [0.2, 0.25) is 0 Å². The quantitative estimate of drug-likeness (QED) is 0.881. The zero-order chi connectivity index (χ0) is 15.1. The smallest absolute Gasteiger partial charge is 0.258 e. The van der Waals surface area contributed by atoms with Crippen molar-refractivity contribution in [3.8, 4) is 5.75 Å². The van der Waals surface area contributed by atoms with Crippen molar-refractivity contribution >= 4 is 5.91 Å². The van der Waals surface area contributed by atoms with E-state index >= 15 is 0 Å². The van der Waals surface area contributed by atoms with Crippen molar-refractivity contribution in [1.29, 1.82) is 0 Å². The first kappa shape index (κ1) is 15.1. The van der Waals surface area contributed by atoms with Crippen LogP contribution in [0.5, 0.6) is 5.75 Å². The van der Waals surface area contributed by atoms with E-state index in [4.69, 9.17) is 4.74 Å². The second-order valence-electron chi connectivity index (χ2n) is 4.99. The first-order valence-electron chi connectivity index (χ1n) is 7.25. The van der Waals surface area contributed by atoms with Crippen LogP contribution in [0.15, 0.2) is 54.6 Å². The molecule has 0 bridgehead atoms. The van der Waals surface area contributed by atoms with E-state index in [1.165, 1.54) is 5.56 Å². The maximum absolute atomic E-state index is 11.9. The van der Waals surface area contributed by atoms with Gasteiger partial charge >= 0.3 is 0 Å². The molecule has 2 aromatic rings. The van der Waals surface area contributed by atoms with E-state index in [0.717, 1.165) is 17.7 Å². The largest absolute Gasteiger partial charge is 0.484 e. The van der Waals surface area contributed by atoms with Gasteiger partial charge in [-0.05, 0) is 36.6 Å². The third-order valence-corrected chi connectivity index (χ3v) is 3.38. The molecule has 0 radical (unpaired) electrons. The number of hydrogen-bond donors (Lipinski definition) is 1. The zero-order valence-corrected chi connectivity index (χ0v) is 12.5. The molecule has 0 aliphatic rings. The summed E-state index contributed by atoms with van der Waals surface area (Å²) in [6.07, 6.45) is 0.995. The van der Waals surface area contributed by atoms with Crippen molar-refractivity contribution in [2.75, 3.05) is 6.61 Å². The fourth-order valence-electron chi connectivity index (χ4n) is 2.08. The van der Waals surface area contributed by atoms with E-state index in [0.29, 0.717) is 0 Å². The maximum atomic E-state index is 11.9. The number of amides is 1. The van der Waals surface area contributed by atoms with Crippen LogP contribution in [0.3, 0.4) is 0 Å². The van der Waals surface area contributed by atoms with Crippen molar-refractivity contribution in [2.45, 2.75) is 26.3 Å². The molecule has 110 valence electrons. The molecule has 2 rings (SSSR count). The van der Waals surface area contributed by atoms with Crippen molar-refractivity contribution in [3.05, 3.63) is 65.7 Å². The molecule has 21 heavy (non-hydrogen) atoms. The summed E-state index contributed by atoms with van der Waals surface area (Å²) in [7, 11) is 0. The number of rotatable bonds is 6. The molecule has 0 aliphatic carbocycles. The molecule has 1 N–H and O–H groups in total. The molecular weight excluding hydrogens is 262 g/mol. The summed E-state index contributed by atoms with van der Waals surface area (Å²) in [4.78, 5) is 11.9. The van der Waals surface area contributed by atoms with Gasteiger partial charge in [0.2, 0.25) is 0 Å². The summed E-state index contributed by atoms with van der Waals surface area (Å²) in [6.45, 7) is 4.10. The maximum Gasteiger partial charge on any atom is 0.258 e. The molecule has 1 atom stereocenters. The minimum absolute atomic E-state index is 0.0234. The lowest BCUT2D eigenvalue weighted by Crippen LogP contribution is -2.31. The van der Waals surface area contributed by atoms with E-state index in [-0.39, 0.29) is 18.6 Å². The van der Waals surface area contributed by atoms with Gasteiger partial charge in [0.15, 0.2) is 6.61 Å². The van der Waals surface area contributed by atoms with Crippen LogP contribution < -0.4 is 10.1 Å². The van der Waals surface area contributed by atoms with Gasteiger partial charge in [0.25, 0.3) is 5.91 Å². The van der Waals surface area contributed by atoms with E-state index in [1.807, 2.05) is 61.5 Å². The normalized spacial score (nSPS) is 11.7. The van der Waals surface area contributed by atoms with Crippen LogP contribution in [0.4, 0.5) is 0 Å². The Hall–Kier alpha value is -2.29. The van der Waals surface area contributed by atoms with Gasteiger partial charge in [0.05, 0.1) is 6.04 Å². The number of ether oxygens (including phenoxy) is 1. The van der Waals surface area contributed by atoms with Gasteiger partial charge in [0, 0.05) is 0 Å². The average molecular weight is 283 g/mol. The third kappa shape index (κ3) is 4.63. The van der Waals surface area contributed by atoms with Gasteiger partial charge in [-0.2, -0.15) is 0 Å². The van der Waals surface area contributed by atoms with Crippen LogP contribution in [-0.4, -0.2) is 12.5 Å². The van der Waals surface area contributed by atoms with Crippen molar-refractivity contribution in [3.63, 3.8) is 0 Å². The summed E-state index contributed by atoms with van der Waals surface area (Å²) in [6, 6.07) is 17.7. The molecular formula is C18H21NO2. The fraction of sp³-hybridized carbons (Fsp3) is 0.278. The molecule has 3 heteroatoms. The highest BCUT2D eigenvalue weighted by atomic mass is 16.5. The Kier molecular flexibility index (Phi) is 5.38. The van der Waals surface area contributed by atoms with Crippen LogP contribution in [0.25, 0.3) is 0 Å². The summed E-state index contributed by atoms with van der Waals surface area (Å²) >= 11 is 0. The van der Waals surface area contributed by atoms with Crippen molar-refractivity contribution in [1.82, 2.24) is 5.32 Å². The number of carbonyl (C=O) groups is 1. The summed E-state index contributed by atoms with van der Waals surface area (Å²) < 4.78 is 5.49. The predicted octanol–water partition coefficient (Wildman–Crippen LogP) is 3.51. The first-order valence-corrected chi connectivity index (χ1v) is 7.25. The summed E-state index contributed by atoms with van der Waals surface area (Å²) in [5.41, 5.74) is 2.34. The standard InChI is InChI=1S/C18H21NO2/c1-3-15-9-11-17(12-10-15)21-13-18(20)19-14(2)16-7-5-4-6-8-16/h4-12,14H,3,13H2,1-2H3,(H,19,20). The molecule has 0 aromatic heterocycles. The SMILES string of the molecule is CCc1ccc(OCC(=O)NC(C)c2ccccc2)cc1. The minimum Gasteiger partial charge on any atom is -0.484 e. The predicted molar refractivity (Wildman–Crippen MR) is 84.3 cm³/mol. The van der Waals surface area contributed by atoms with Crippen molar-refractivity contribution in [2.24, 2.45) is 0 Å². The van der Waals surface area contributed by atoms with Crippen molar-refractivity contribution < 1.29 is 9.53 Å². The first-order chi connectivity index (χ1) is 10.2. The number of nitrogens with one attached hydrogen (secondary N) is 1. The number of carbonyl (C=O) groups excluding carboxylic acids is 1. The molecule has 0 aliphatic heterocycles. The highest BCUT2D eigenvalue weighted by molar-refractivity contribution is 5.78. The van der Waals surface area contributed by atoms with E-state index in [9.17, 15) is 4.79 Å². The topological polar surface area (TPSA) is 38.3 Å². The van der Waals surface area contributed by atoms with Crippen LogP contribution in [-0.2, 0) is 11.2 Å². The molecule has 0 saturated carbocycles. The molecule has 1 unspecified atom stereocenters. The molecule has 0 saturated heterocycles. The molecule has 1 amide bonds. The van der Waals surface area contributed by atoms with Crippen LogP contribution in [0.1, 0.15) is 31.0 Å². The Morgan fingerprint density at radius 3 is 2.38 bits per heavy atom. The van der Waals surface area contributed by atoms with Gasteiger partial charge in [-0.1, -0.05) is 49.4 Å². The lowest BCUT2D eigenvalue weighted by Gasteiger charge is -2.14. The van der Waals surface area contributed by atoms with E-state index in [1.54, 1.807) is 0 Å². The van der Waals surface area contributed by atoms with Crippen LogP contribution in [0, 0.1) is 0 Å². The lowest BCUT2D eigenvalue weighted by atomic mass is 10.1. The Labute approximate surface area is 126 Å². The number of hydrogen-bond acceptors (Lipinski definition) is 2. The van der Waals surface area contributed by atoms with Gasteiger partial charge in [-0.25, -0.2) is 0 Å². The second-order valence-corrected chi connectivity index (χ2v) is 4.99. The van der Waals surface area contributed by atoms with Gasteiger partial charge in [0.1, 0.15) is 5.75 Å². The molecule has 2 aromatic carbocycles. The Bertz CT molecular complexity index is 564. The second kappa shape index (κ2) is 7.48. The molecule has 3 nitrogen and oxygen atoms in total. The number of benzene rings is 2. The average Bonchev–Trinajstić information content (AvgIpc) is 2.54. The lowest BCUT2D eigenvalue weighted by molar-refractivity contribution is -0.123. The monoisotopic (exact) mass is 283 g/mol. The summed E-state index contributed by atoms with van der Waals surface area (Å²) in [5.74, 6) is 0.598. The van der Waals surface area contributed by atoms with Gasteiger partial charge in [-0.15, -0.1) is 0 Å². The highest BCUT2D eigenvalue weighted by Gasteiger charge is 2.09. The van der Waals surface area contributed by atoms with E-state index < -0.39 is 0 Å².